The fraction of sp³-hybridized carbons (Fsp3) is 0.625. The van der Waals surface area contributed by atoms with Crippen molar-refractivity contribution in [1.29, 1.82) is 0 Å². The molecule has 0 spiro atoms. The Kier molecular flexibility index (Phi) is 4.40. The van der Waals surface area contributed by atoms with Gasteiger partial charge in [0.2, 0.25) is 11.8 Å². The van der Waals surface area contributed by atoms with Gasteiger partial charge in [-0.3, -0.25) is 23.9 Å². The van der Waals surface area contributed by atoms with E-state index in [-0.39, 0.29) is 29.8 Å². The topological polar surface area (TPSA) is 102 Å². The molecule has 0 radical (unpaired) electrons. The van der Waals surface area contributed by atoms with Gasteiger partial charge in [-0.15, -0.1) is 0 Å². The molecular weight excluding hydrogens is 310 g/mol. The predicted octanol–water partition coefficient (Wildman–Crippen LogP) is -0.872. The SMILES string of the molecule is Cc1nc2c(c(=O)n1C)CN(C(=O)C1CCCN(CC(N)=O)C1)C2. The number of nitrogens with two attached hydrogens (primary N) is 1. The van der Waals surface area contributed by atoms with Gasteiger partial charge in [0.25, 0.3) is 5.56 Å². The monoisotopic (exact) mass is 333 g/mol. The fourth-order valence-corrected chi connectivity index (χ4v) is 3.56. The van der Waals surface area contributed by atoms with Gasteiger partial charge >= 0.3 is 0 Å². The zero-order valence-corrected chi connectivity index (χ0v) is 14.1. The van der Waals surface area contributed by atoms with Gasteiger partial charge in [0, 0.05) is 13.6 Å². The van der Waals surface area contributed by atoms with Gasteiger partial charge in [-0.05, 0) is 26.3 Å². The zero-order valence-electron chi connectivity index (χ0n) is 14.1. The Morgan fingerprint density at radius 1 is 1.33 bits per heavy atom. The van der Waals surface area contributed by atoms with Gasteiger partial charge in [-0.1, -0.05) is 0 Å². The van der Waals surface area contributed by atoms with Crippen LogP contribution in [-0.2, 0) is 29.7 Å². The van der Waals surface area contributed by atoms with E-state index >= 15 is 0 Å². The van der Waals surface area contributed by atoms with Crippen LogP contribution in [0.2, 0.25) is 0 Å². The first-order valence-corrected chi connectivity index (χ1v) is 8.21. The fourth-order valence-electron chi connectivity index (χ4n) is 3.56. The average molecular weight is 333 g/mol. The van der Waals surface area contributed by atoms with Crippen LogP contribution >= 0.6 is 0 Å². The molecule has 2 amide bonds. The molecule has 0 saturated carbocycles. The highest BCUT2D eigenvalue weighted by atomic mass is 16.2. The van der Waals surface area contributed by atoms with Gasteiger partial charge in [0.05, 0.1) is 36.8 Å². The summed E-state index contributed by atoms with van der Waals surface area (Å²) in [5, 5.41) is 0. The summed E-state index contributed by atoms with van der Waals surface area (Å²) >= 11 is 0. The summed E-state index contributed by atoms with van der Waals surface area (Å²) < 4.78 is 1.52. The highest BCUT2D eigenvalue weighted by Crippen LogP contribution is 2.24. The van der Waals surface area contributed by atoms with Crippen LogP contribution in [0.1, 0.15) is 29.9 Å². The molecule has 0 aliphatic carbocycles. The molecule has 2 aliphatic heterocycles. The summed E-state index contributed by atoms with van der Waals surface area (Å²) in [5.74, 6) is 0.150. The van der Waals surface area contributed by atoms with Crippen molar-refractivity contribution in [3.8, 4) is 0 Å². The Bertz CT molecular complexity index is 742. The number of piperidine rings is 1. The molecule has 130 valence electrons. The number of hydrogen-bond acceptors (Lipinski definition) is 5. The van der Waals surface area contributed by atoms with Crippen molar-refractivity contribution in [1.82, 2.24) is 19.4 Å². The Balaban J connectivity index is 1.72. The van der Waals surface area contributed by atoms with E-state index in [0.29, 0.717) is 36.7 Å². The maximum Gasteiger partial charge on any atom is 0.258 e. The minimum Gasteiger partial charge on any atom is -0.369 e. The summed E-state index contributed by atoms with van der Waals surface area (Å²) in [5.41, 5.74) is 6.49. The van der Waals surface area contributed by atoms with Crippen molar-refractivity contribution < 1.29 is 9.59 Å². The highest BCUT2D eigenvalue weighted by Gasteiger charge is 2.34. The van der Waals surface area contributed by atoms with Gasteiger partial charge in [0.15, 0.2) is 0 Å². The van der Waals surface area contributed by atoms with Gasteiger partial charge < -0.3 is 10.6 Å². The number of fused-ring (bicyclic) bond motifs is 1. The van der Waals surface area contributed by atoms with Crippen molar-refractivity contribution in [3.05, 3.63) is 27.4 Å². The smallest absolute Gasteiger partial charge is 0.258 e. The lowest BCUT2D eigenvalue weighted by Gasteiger charge is -2.33. The van der Waals surface area contributed by atoms with E-state index in [9.17, 15) is 14.4 Å². The number of carbonyl (C=O) groups excluding carboxylic acids is 2. The van der Waals surface area contributed by atoms with Crippen molar-refractivity contribution in [3.63, 3.8) is 0 Å². The molecule has 8 nitrogen and oxygen atoms in total. The third-order valence-corrected chi connectivity index (χ3v) is 4.93. The molecule has 1 aromatic heterocycles. The molecule has 1 fully saturated rings. The summed E-state index contributed by atoms with van der Waals surface area (Å²) in [7, 11) is 1.69. The number of aryl methyl sites for hydroxylation is 1. The van der Waals surface area contributed by atoms with Crippen molar-refractivity contribution >= 4 is 11.8 Å². The van der Waals surface area contributed by atoms with Crippen LogP contribution in [0.4, 0.5) is 0 Å². The number of carbonyl (C=O) groups is 2. The molecule has 3 rings (SSSR count). The van der Waals surface area contributed by atoms with Crippen LogP contribution in [0, 0.1) is 12.8 Å². The molecule has 1 saturated heterocycles. The quantitative estimate of drug-likeness (QED) is 0.775. The van der Waals surface area contributed by atoms with Crippen LogP contribution in [0.25, 0.3) is 0 Å². The molecule has 24 heavy (non-hydrogen) atoms. The molecule has 2 aliphatic rings. The second-order valence-electron chi connectivity index (χ2n) is 6.68. The number of nitrogens with zero attached hydrogens (tertiary/aromatic N) is 4. The lowest BCUT2D eigenvalue weighted by molar-refractivity contribution is -0.138. The second kappa shape index (κ2) is 6.35. The van der Waals surface area contributed by atoms with Crippen LogP contribution in [0.15, 0.2) is 4.79 Å². The highest BCUT2D eigenvalue weighted by molar-refractivity contribution is 5.80. The largest absolute Gasteiger partial charge is 0.369 e. The normalized spacial score (nSPS) is 20.9. The number of rotatable bonds is 3. The van der Waals surface area contributed by atoms with Crippen molar-refractivity contribution in [2.24, 2.45) is 18.7 Å². The first-order chi connectivity index (χ1) is 11.4. The number of amides is 2. The Labute approximate surface area is 140 Å². The molecule has 0 aromatic carbocycles. The molecule has 2 N–H and O–H groups in total. The second-order valence-corrected chi connectivity index (χ2v) is 6.68. The van der Waals surface area contributed by atoms with Crippen LogP contribution in [-0.4, -0.2) is 50.8 Å². The average Bonchev–Trinajstić information content (AvgIpc) is 2.95. The predicted molar refractivity (Wildman–Crippen MR) is 86.8 cm³/mol. The van der Waals surface area contributed by atoms with E-state index < -0.39 is 0 Å². The van der Waals surface area contributed by atoms with E-state index in [1.54, 1.807) is 18.9 Å². The maximum atomic E-state index is 12.8. The molecule has 1 unspecified atom stereocenters. The van der Waals surface area contributed by atoms with Crippen molar-refractivity contribution in [2.75, 3.05) is 19.6 Å². The summed E-state index contributed by atoms with van der Waals surface area (Å²) in [6.45, 7) is 4.01. The number of aromatic nitrogens is 2. The Morgan fingerprint density at radius 3 is 2.79 bits per heavy atom. The maximum absolute atomic E-state index is 12.8. The van der Waals surface area contributed by atoms with Gasteiger partial charge in [-0.25, -0.2) is 4.98 Å². The zero-order chi connectivity index (χ0) is 17.4. The number of likely N-dealkylation sites (tertiary alicyclic amines) is 1. The van der Waals surface area contributed by atoms with Crippen LogP contribution in [0.5, 0.6) is 0 Å². The van der Waals surface area contributed by atoms with E-state index in [4.69, 9.17) is 5.73 Å². The van der Waals surface area contributed by atoms with Gasteiger partial charge in [0.1, 0.15) is 5.82 Å². The van der Waals surface area contributed by atoms with E-state index in [1.807, 2.05) is 4.90 Å². The molecule has 1 atom stereocenters. The Morgan fingerprint density at radius 2 is 2.08 bits per heavy atom. The van der Waals surface area contributed by atoms with E-state index in [2.05, 4.69) is 4.98 Å². The number of hydrogen-bond donors (Lipinski definition) is 1. The van der Waals surface area contributed by atoms with E-state index in [1.165, 1.54) is 4.57 Å². The summed E-state index contributed by atoms with van der Waals surface area (Å²) in [6.07, 6.45) is 1.66. The third kappa shape index (κ3) is 3.06. The lowest BCUT2D eigenvalue weighted by Crippen LogP contribution is -2.46. The van der Waals surface area contributed by atoms with E-state index in [0.717, 1.165) is 19.4 Å². The van der Waals surface area contributed by atoms with Crippen LogP contribution in [0.3, 0.4) is 0 Å². The first-order valence-electron chi connectivity index (χ1n) is 8.21. The molecule has 0 bridgehead atoms. The summed E-state index contributed by atoms with van der Waals surface area (Å²) in [6, 6.07) is 0. The number of primary amides is 1. The Hall–Kier alpha value is -2.22. The first kappa shape index (κ1) is 16.6. The van der Waals surface area contributed by atoms with Crippen LogP contribution < -0.4 is 11.3 Å². The standard InChI is InChI=1S/C16H23N5O3/c1-10-18-13-8-21(7-12(13)16(24)19(10)2)15(23)11-4-3-5-20(6-11)9-14(17)22/h11H,3-9H2,1-2H3,(H2,17,22). The minimum absolute atomic E-state index is 0.0295. The van der Waals surface area contributed by atoms with Crippen molar-refractivity contribution in [2.45, 2.75) is 32.9 Å². The minimum atomic E-state index is -0.375. The van der Waals surface area contributed by atoms with Gasteiger partial charge in [-0.2, -0.15) is 0 Å². The molecule has 3 heterocycles. The molecule has 8 heteroatoms. The third-order valence-electron chi connectivity index (χ3n) is 4.93. The molecule has 1 aromatic rings. The molecular formula is C16H23N5O3. The summed E-state index contributed by atoms with van der Waals surface area (Å²) in [4.78, 5) is 44.3. The lowest BCUT2D eigenvalue weighted by atomic mass is 9.96.